The summed E-state index contributed by atoms with van der Waals surface area (Å²) >= 11 is 23.8. The van der Waals surface area contributed by atoms with Crippen molar-refractivity contribution < 1.29 is 0 Å². The van der Waals surface area contributed by atoms with Gasteiger partial charge in [0.05, 0.1) is 0 Å². The van der Waals surface area contributed by atoms with Gasteiger partial charge in [0.25, 0.3) is 0 Å². The lowest BCUT2D eigenvalue weighted by Gasteiger charge is -2.00. The Kier molecular flexibility index (Phi) is 3.89. The first-order chi connectivity index (χ1) is 9.49. The molecule has 1 heterocycles. The molecule has 0 saturated carbocycles. The van der Waals surface area contributed by atoms with Crippen LogP contribution in [0.2, 0.25) is 0 Å². The fourth-order valence-electron chi connectivity index (χ4n) is 2.52. The van der Waals surface area contributed by atoms with E-state index in [2.05, 4.69) is 4.57 Å². The molecule has 0 fully saturated rings. The minimum Gasteiger partial charge on any atom is -0.344 e. The number of hydrogen-bond donors (Lipinski definition) is 0. The predicted molar refractivity (Wildman–Crippen MR) is 94.6 cm³/mol. The van der Waals surface area contributed by atoms with Crippen LogP contribution in [0.15, 0.2) is 36.4 Å². The number of nitrogens with zero attached hydrogens (tertiary/aromatic N) is 1. The van der Waals surface area contributed by atoms with Crippen molar-refractivity contribution in [1.82, 2.24) is 4.57 Å². The molecule has 20 heavy (non-hydrogen) atoms. The smallest absolute Gasteiger partial charge is 0.344 e. The number of benzene rings is 2. The highest BCUT2D eigenvalue weighted by atomic mass is 35.5. The Morgan fingerprint density at radius 2 is 1.15 bits per heavy atom. The Morgan fingerprint density at radius 3 is 1.50 bits per heavy atom. The highest BCUT2D eigenvalue weighted by Crippen LogP contribution is 2.27. The van der Waals surface area contributed by atoms with Crippen LogP contribution < -0.4 is 10.9 Å². The molecule has 0 radical (unpaired) electrons. The molecule has 7 heteroatoms. The van der Waals surface area contributed by atoms with Gasteiger partial charge in [-0.2, -0.15) is 45.8 Å². The molecule has 0 bridgehead atoms. The normalized spacial score (nSPS) is 11.2. The summed E-state index contributed by atoms with van der Waals surface area (Å²) in [5, 5.41) is 2.20. The lowest BCUT2D eigenvalue weighted by molar-refractivity contribution is 1.01. The number of aryl methyl sites for hydroxylation is 1. The summed E-state index contributed by atoms with van der Waals surface area (Å²) in [5.74, 6) is 0. The average Bonchev–Trinajstić information content (AvgIpc) is 2.71. The highest BCUT2D eigenvalue weighted by molar-refractivity contribution is 7.40. The molecule has 2 aromatic carbocycles. The van der Waals surface area contributed by atoms with Crippen molar-refractivity contribution in [2.75, 3.05) is 0 Å². The van der Waals surface area contributed by atoms with Crippen molar-refractivity contribution in [3.05, 3.63) is 36.4 Å². The summed E-state index contributed by atoms with van der Waals surface area (Å²) < 4.78 is 2.13. The molecule has 0 aliphatic carbocycles. The number of aromatic nitrogens is 1. The largest absolute Gasteiger partial charge is 0.382 e. The first-order valence-electron chi connectivity index (χ1n) is 6.07. The van der Waals surface area contributed by atoms with Crippen LogP contribution in [0.25, 0.3) is 21.8 Å². The second-order valence-electron chi connectivity index (χ2n) is 4.71. The number of rotatable bonds is 2. The van der Waals surface area contributed by atoms with E-state index in [-0.39, 0.29) is 0 Å². The molecule has 0 saturated heterocycles. The fraction of sp³-hybridized carbons (Fsp3) is 0.0769. The van der Waals surface area contributed by atoms with E-state index < -0.39 is 11.1 Å². The van der Waals surface area contributed by atoms with Gasteiger partial charge in [-0.25, -0.2) is 0 Å². The van der Waals surface area contributed by atoms with E-state index in [0.717, 1.165) is 32.7 Å². The van der Waals surface area contributed by atoms with Crippen LogP contribution >= 0.6 is 45.8 Å². The van der Waals surface area contributed by atoms with Gasteiger partial charge in [0, 0.05) is 28.9 Å². The van der Waals surface area contributed by atoms with Crippen molar-refractivity contribution in [3.8, 4) is 0 Å². The van der Waals surface area contributed by atoms with Crippen LogP contribution in [0.3, 0.4) is 0 Å². The molecule has 0 N–H and O–H groups in total. The van der Waals surface area contributed by atoms with Crippen LogP contribution in [0.1, 0.15) is 0 Å². The number of halogens is 4. The summed E-state index contributed by atoms with van der Waals surface area (Å²) in [5.41, 5.74) is 2.93. The Labute approximate surface area is 137 Å². The van der Waals surface area contributed by atoms with E-state index in [0.29, 0.717) is 0 Å². The summed E-state index contributed by atoms with van der Waals surface area (Å²) in [6.45, 7) is 0. The maximum atomic E-state index is 5.96. The molecular weight excluding hydrogens is 334 g/mol. The zero-order valence-electron chi connectivity index (χ0n) is 10.6. The number of fused-ring (bicyclic) bond motifs is 3. The molecule has 1 aromatic heterocycles. The Hall–Kier alpha value is -0.470. The zero-order chi connectivity index (χ0) is 14.4. The monoisotopic (exact) mass is 341 g/mol. The molecule has 0 aliphatic heterocycles. The van der Waals surface area contributed by atoms with E-state index >= 15 is 0 Å². The molecule has 100 valence electrons. The number of hydrogen-bond acceptors (Lipinski definition) is 0. The van der Waals surface area contributed by atoms with Crippen molar-refractivity contribution in [2.24, 2.45) is 7.05 Å². The van der Waals surface area contributed by atoms with Crippen LogP contribution in [-0.4, -0.2) is 15.7 Å². The van der Waals surface area contributed by atoms with Crippen molar-refractivity contribution in [2.45, 2.75) is 0 Å². The highest BCUT2D eigenvalue weighted by Gasteiger charge is 2.16. The van der Waals surface area contributed by atoms with Gasteiger partial charge >= 0.3 is 11.1 Å². The van der Waals surface area contributed by atoms with Crippen molar-refractivity contribution >= 4 is 89.7 Å². The lowest BCUT2D eigenvalue weighted by atomic mass is 9.89. The van der Waals surface area contributed by atoms with Crippen molar-refractivity contribution in [1.29, 1.82) is 0 Å². The first-order valence-corrected chi connectivity index (χ1v) is 7.82. The Bertz CT molecular complexity index is 733. The summed E-state index contributed by atoms with van der Waals surface area (Å²) in [7, 11) is 2.03. The molecule has 0 aliphatic rings. The molecule has 1 nitrogen and oxygen atoms in total. The summed E-state index contributed by atoms with van der Waals surface area (Å²) in [6, 6.07) is 12.0. The topological polar surface area (TPSA) is 4.93 Å². The lowest BCUT2D eigenvalue weighted by Crippen LogP contribution is -2.17. The van der Waals surface area contributed by atoms with Gasteiger partial charge in [-0.05, 0) is 23.1 Å². The van der Waals surface area contributed by atoms with Crippen LogP contribution in [0, 0.1) is 0 Å². The SMILES string of the molecule is Cn1c2ccc(B(Cl)Cl)cc2c2cc(B(Cl)Cl)ccc21. The average molecular weight is 343 g/mol. The maximum absolute atomic E-state index is 5.96. The predicted octanol–water partition coefficient (Wildman–Crippen LogP) is 3.68. The molecule has 0 unspecified atom stereocenters. The second-order valence-corrected chi connectivity index (χ2v) is 6.91. The third-order valence-corrected chi connectivity index (χ3v) is 4.57. The van der Waals surface area contributed by atoms with Crippen LogP contribution in [0.5, 0.6) is 0 Å². The third-order valence-electron chi connectivity index (χ3n) is 3.56. The second kappa shape index (κ2) is 5.38. The van der Waals surface area contributed by atoms with Gasteiger partial charge in [0.1, 0.15) is 0 Å². The molecular formula is C13H9B2Cl4N. The fourth-order valence-corrected chi connectivity index (χ4v) is 3.07. The molecule has 0 amide bonds. The van der Waals surface area contributed by atoms with Gasteiger partial charge in [0.15, 0.2) is 0 Å². The van der Waals surface area contributed by atoms with Gasteiger partial charge in [-0.15, -0.1) is 0 Å². The Balaban J connectivity index is 2.38. The van der Waals surface area contributed by atoms with E-state index in [1.807, 2.05) is 43.4 Å². The van der Waals surface area contributed by atoms with E-state index in [1.165, 1.54) is 0 Å². The standard InChI is InChI=1S/C13H9B2Cl4N/c1-20-12-4-2-8(14(16)17)6-10(12)11-7-9(15(18)19)3-5-13(11)20/h2-7H,1H3. The molecule has 0 spiro atoms. The van der Waals surface area contributed by atoms with Gasteiger partial charge in [-0.1, -0.05) is 24.3 Å². The summed E-state index contributed by atoms with van der Waals surface area (Å²) in [6.07, 6.45) is 0. The molecule has 3 aromatic rings. The van der Waals surface area contributed by atoms with E-state index in [1.54, 1.807) is 0 Å². The molecule has 0 atom stereocenters. The minimum atomic E-state index is -0.536. The van der Waals surface area contributed by atoms with Crippen LogP contribution in [-0.2, 0) is 7.05 Å². The van der Waals surface area contributed by atoms with Gasteiger partial charge in [-0.3, -0.25) is 0 Å². The minimum absolute atomic E-state index is 0.536. The third kappa shape index (κ3) is 2.31. The maximum Gasteiger partial charge on any atom is 0.382 e. The quantitative estimate of drug-likeness (QED) is 0.626. The van der Waals surface area contributed by atoms with Gasteiger partial charge in [0.2, 0.25) is 0 Å². The van der Waals surface area contributed by atoms with Crippen molar-refractivity contribution in [3.63, 3.8) is 0 Å². The zero-order valence-corrected chi connectivity index (χ0v) is 13.6. The summed E-state index contributed by atoms with van der Waals surface area (Å²) in [4.78, 5) is 0. The van der Waals surface area contributed by atoms with Crippen LogP contribution in [0.4, 0.5) is 0 Å². The Morgan fingerprint density at radius 1 is 0.750 bits per heavy atom. The van der Waals surface area contributed by atoms with Gasteiger partial charge < -0.3 is 4.57 Å². The first kappa shape index (κ1) is 14.5. The van der Waals surface area contributed by atoms with E-state index in [4.69, 9.17) is 45.8 Å². The molecule has 3 rings (SSSR count). The van der Waals surface area contributed by atoms with E-state index in [9.17, 15) is 0 Å².